The van der Waals surface area contributed by atoms with E-state index in [0.717, 1.165) is 29.9 Å². The predicted octanol–water partition coefficient (Wildman–Crippen LogP) is 2.12. The minimum absolute atomic E-state index is 0.245. The summed E-state index contributed by atoms with van der Waals surface area (Å²) in [7, 11) is 0. The second-order valence-corrected chi connectivity index (χ2v) is 5.86. The molecule has 0 fully saturated rings. The van der Waals surface area contributed by atoms with E-state index in [2.05, 4.69) is 9.97 Å². The van der Waals surface area contributed by atoms with Crippen molar-refractivity contribution in [1.82, 2.24) is 14.9 Å². The van der Waals surface area contributed by atoms with E-state index in [1.54, 1.807) is 4.90 Å². The van der Waals surface area contributed by atoms with Gasteiger partial charge in [-0.2, -0.15) is 0 Å². The smallest absolute Gasteiger partial charge is 0.410 e. The maximum Gasteiger partial charge on any atom is 0.410 e. The fraction of sp³-hybridized carbons (Fsp3) is 0.643. The van der Waals surface area contributed by atoms with E-state index >= 15 is 0 Å². The summed E-state index contributed by atoms with van der Waals surface area (Å²) >= 11 is 0. The van der Waals surface area contributed by atoms with Gasteiger partial charge in [-0.05, 0) is 39.7 Å². The van der Waals surface area contributed by atoms with Gasteiger partial charge in [-0.25, -0.2) is 14.8 Å². The molecule has 104 valence electrons. The molecule has 0 saturated carbocycles. The van der Waals surface area contributed by atoms with Gasteiger partial charge in [0.15, 0.2) is 0 Å². The normalized spacial score (nSPS) is 15.7. The van der Waals surface area contributed by atoms with E-state index in [0.29, 0.717) is 13.1 Å². The predicted molar refractivity (Wildman–Crippen MR) is 72.0 cm³/mol. The van der Waals surface area contributed by atoms with Crippen molar-refractivity contribution in [3.63, 3.8) is 0 Å². The molecule has 1 aromatic rings. The fourth-order valence-electron chi connectivity index (χ4n) is 2.08. The lowest BCUT2D eigenvalue weighted by Gasteiger charge is -2.26. The summed E-state index contributed by atoms with van der Waals surface area (Å²) in [5.74, 6) is 0.782. The molecule has 0 saturated heterocycles. The highest BCUT2D eigenvalue weighted by Gasteiger charge is 2.24. The minimum atomic E-state index is -0.452. The van der Waals surface area contributed by atoms with Crippen molar-refractivity contribution in [2.24, 2.45) is 0 Å². The van der Waals surface area contributed by atoms with Crippen molar-refractivity contribution in [2.45, 2.75) is 46.1 Å². The number of ether oxygens (including phenoxy) is 1. The first-order valence-electron chi connectivity index (χ1n) is 6.64. The summed E-state index contributed by atoms with van der Waals surface area (Å²) in [6, 6.07) is 0. The number of aryl methyl sites for hydroxylation is 1. The molecule has 0 N–H and O–H groups in total. The van der Waals surface area contributed by atoms with Crippen LogP contribution in [0, 0.1) is 6.92 Å². The molecule has 2 rings (SSSR count). The summed E-state index contributed by atoms with van der Waals surface area (Å²) in [6.07, 6.45) is 3.17. The van der Waals surface area contributed by atoms with Gasteiger partial charge < -0.3 is 9.64 Å². The third kappa shape index (κ3) is 3.66. The van der Waals surface area contributed by atoms with Crippen molar-refractivity contribution < 1.29 is 9.53 Å². The Kier molecular flexibility index (Phi) is 3.73. The van der Waals surface area contributed by atoms with Crippen LogP contribution < -0.4 is 0 Å². The minimum Gasteiger partial charge on any atom is -0.444 e. The number of hydrogen-bond donors (Lipinski definition) is 0. The highest BCUT2D eigenvalue weighted by atomic mass is 16.6. The Balaban J connectivity index is 2.05. The van der Waals surface area contributed by atoms with Crippen molar-refractivity contribution in [3.8, 4) is 0 Å². The third-order valence-electron chi connectivity index (χ3n) is 3.00. The number of aromatic nitrogens is 2. The van der Waals surface area contributed by atoms with E-state index in [9.17, 15) is 4.79 Å². The molecule has 0 unspecified atom stereocenters. The first kappa shape index (κ1) is 13.8. The Morgan fingerprint density at radius 3 is 2.68 bits per heavy atom. The topological polar surface area (TPSA) is 55.3 Å². The Labute approximate surface area is 114 Å². The molecule has 0 aromatic carbocycles. The first-order chi connectivity index (χ1) is 8.85. The second kappa shape index (κ2) is 5.15. The van der Waals surface area contributed by atoms with Crippen LogP contribution in [0.3, 0.4) is 0 Å². The maximum atomic E-state index is 12.1. The van der Waals surface area contributed by atoms with E-state index in [4.69, 9.17) is 4.74 Å². The van der Waals surface area contributed by atoms with Gasteiger partial charge in [0.1, 0.15) is 11.4 Å². The molecular formula is C14H21N3O2. The molecule has 1 amide bonds. The summed E-state index contributed by atoms with van der Waals surface area (Å²) < 4.78 is 5.41. The molecule has 0 spiro atoms. The largest absolute Gasteiger partial charge is 0.444 e. The maximum absolute atomic E-state index is 12.1. The standard InChI is InChI=1S/C14H21N3O2/c1-10-15-9-11-5-7-17(8-6-12(11)16-10)13(18)19-14(2,3)4/h9H,5-8H2,1-4H3. The second-order valence-electron chi connectivity index (χ2n) is 5.86. The Morgan fingerprint density at radius 2 is 2.00 bits per heavy atom. The van der Waals surface area contributed by atoms with Gasteiger partial charge >= 0.3 is 6.09 Å². The molecule has 1 aromatic heterocycles. The molecular weight excluding hydrogens is 242 g/mol. The van der Waals surface area contributed by atoms with Crippen LogP contribution in [-0.2, 0) is 17.6 Å². The van der Waals surface area contributed by atoms with E-state index < -0.39 is 5.60 Å². The van der Waals surface area contributed by atoms with Crippen molar-refractivity contribution in [1.29, 1.82) is 0 Å². The SMILES string of the molecule is Cc1ncc2c(n1)CCN(C(=O)OC(C)(C)C)CC2. The van der Waals surface area contributed by atoms with Gasteiger partial charge in [0, 0.05) is 31.4 Å². The molecule has 19 heavy (non-hydrogen) atoms. The van der Waals surface area contributed by atoms with Crippen molar-refractivity contribution in [2.75, 3.05) is 13.1 Å². The van der Waals surface area contributed by atoms with Crippen LogP contribution in [0.15, 0.2) is 6.20 Å². The van der Waals surface area contributed by atoms with Crippen LogP contribution in [0.4, 0.5) is 4.79 Å². The molecule has 1 aliphatic heterocycles. The zero-order valence-corrected chi connectivity index (χ0v) is 12.1. The van der Waals surface area contributed by atoms with Crippen LogP contribution >= 0.6 is 0 Å². The highest BCUT2D eigenvalue weighted by molar-refractivity contribution is 5.68. The number of carbonyl (C=O) groups excluding carboxylic acids is 1. The monoisotopic (exact) mass is 263 g/mol. The lowest BCUT2D eigenvalue weighted by atomic mass is 10.1. The van der Waals surface area contributed by atoms with Crippen LogP contribution in [-0.4, -0.2) is 39.7 Å². The van der Waals surface area contributed by atoms with Gasteiger partial charge in [0.05, 0.1) is 0 Å². The average molecular weight is 263 g/mol. The molecule has 0 aliphatic carbocycles. The summed E-state index contributed by atoms with van der Waals surface area (Å²) in [6.45, 7) is 8.84. The first-order valence-corrected chi connectivity index (χ1v) is 6.64. The van der Waals surface area contributed by atoms with E-state index in [1.165, 1.54) is 0 Å². The van der Waals surface area contributed by atoms with Crippen molar-refractivity contribution >= 4 is 6.09 Å². The van der Waals surface area contributed by atoms with Crippen LogP contribution in [0.1, 0.15) is 37.9 Å². The Morgan fingerprint density at radius 1 is 1.32 bits per heavy atom. The third-order valence-corrected chi connectivity index (χ3v) is 3.00. The Hall–Kier alpha value is -1.65. The molecule has 5 nitrogen and oxygen atoms in total. The molecule has 1 aliphatic rings. The van der Waals surface area contributed by atoms with E-state index in [1.807, 2.05) is 33.9 Å². The quantitative estimate of drug-likeness (QED) is 0.719. The van der Waals surface area contributed by atoms with Gasteiger partial charge in [0.25, 0.3) is 0 Å². The van der Waals surface area contributed by atoms with Crippen LogP contribution in [0.5, 0.6) is 0 Å². The molecule has 2 heterocycles. The van der Waals surface area contributed by atoms with Crippen LogP contribution in [0.2, 0.25) is 0 Å². The molecule has 0 radical (unpaired) electrons. The lowest BCUT2D eigenvalue weighted by molar-refractivity contribution is 0.0258. The molecule has 5 heteroatoms. The van der Waals surface area contributed by atoms with Gasteiger partial charge in [0.2, 0.25) is 0 Å². The fourth-order valence-corrected chi connectivity index (χ4v) is 2.08. The van der Waals surface area contributed by atoms with Crippen LogP contribution in [0.25, 0.3) is 0 Å². The van der Waals surface area contributed by atoms with Gasteiger partial charge in [-0.1, -0.05) is 0 Å². The van der Waals surface area contributed by atoms with Gasteiger partial charge in [-0.15, -0.1) is 0 Å². The number of fused-ring (bicyclic) bond motifs is 1. The summed E-state index contributed by atoms with van der Waals surface area (Å²) in [5, 5.41) is 0. The Bertz CT molecular complexity index is 480. The zero-order chi connectivity index (χ0) is 14.0. The number of hydrogen-bond acceptors (Lipinski definition) is 4. The number of amides is 1. The summed E-state index contributed by atoms with van der Waals surface area (Å²) in [4.78, 5) is 22.5. The highest BCUT2D eigenvalue weighted by Crippen LogP contribution is 2.16. The number of nitrogens with zero attached hydrogens (tertiary/aromatic N) is 3. The number of rotatable bonds is 0. The number of carbonyl (C=O) groups is 1. The zero-order valence-electron chi connectivity index (χ0n) is 12.1. The average Bonchev–Trinajstić information content (AvgIpc) is 2.48. The van der Waals surface area contributed by atoms with Crippen molar-refractivity contribution in [3.05, 3.63) is 23.3 Å². The summed E-state index contributed by atoms with van der Waals surface area (Å²) in [5.41, 5.74) is 1.74. The van der Waals surface area contributed by atoms with E-state index in [-0.39, 0.29) is 6.09 Å². The lowest BCUT2D eigenvalue weighted by Crippen LogP contribution is -2.38. The molecule has 0 bridgehead atoms. The molecule has 0 atom stereocenters. The van der Waals surface area contributed by atoms with Gasteiger partial charge in [-0.3, -0.25) is 0 Å².